The van der Waals surface area contributed by atoms with E-state index in [-0.39, 0.29) is 17.9 Å². The molecule has 1 aliphatic heterocycles. The minimum Gasteiger partial charge on any atom is -0.444 e. The van der Waals surface area contributed by atoms with Gasteiger partial charge in [-0.2, -0.15) is 0 Å². The quantitative estimate of drug-likeness (QED) is 0.871. The van der Waals surface area contributed by atoms with Gasteiger partial charge < -0.3 is 14.6 Å². The highest BCUT2D eigenvalue weighted by atomic mass is 16.4. The van der Waals surface area contributed by atoms with Gasteiger partial charge in [-0.1, -0.05) is 0 Å². The van der Waals surface area contributed by atoms with Gasteiger partial charge in [0.15, 0.2) is 0 Å². The molecule has 6 heteroatoms. The molecule has 0 saturated carbocycles. The van der Waals surface area contributed by atoms with Crippen molar-refractivity contribution in [3.63, 3.8) is 0 Å². The maximum absolute atomic E-state index is 12.5. The highest BCUT2D eigenvalue weighted by molar-refractivity contribution is 5.93. The molecule has 0 bridgehead atoms. The summed E-state index contributed by atoms with van der Waals surface area (Å²) >= 11 is 0. The van der Waals surface area contributed by atoms with Crippen LogP contribution in [0.15, 0.2) is 10.6 Å². The van der Waals surface area contributed by atoms with Crippen molar-refractivity contribution in [3.05, 3.63) is 17.8 Å². The van der Waals surface area contributed by atoms with Crippen molar-refractivity contribution in [2.24, 2.45) is 0 Å². The average Bonchev–Trinajstić information content (AvgIpc) is 2.70. The number of rotatable bonds is 2. The molecule has 1 aliphatic rings. The summed E-state index contributed by atoms with van der Waals surface area (Å²) in [5, 5.41) is 2.73. The molecule has 104 valence electrons. The Hall–Kier alpha value is -1.85. The minimum absolute atomic E-state index is 0.114. The van der Waals surface area contributed by atoms with E-state index in [9.17, 15) is 9.59 Å². The van der Waals surface area contributed by atoms with Crippen LogP contribution in [0.1, 0.15) is 44.9 Å². The molecule has 1 atom stereocenters. The van der Waals surface area contributed by atoms with Gasteiger partial charge in [0.2, 0.25) is 17.7 Å². The minimum atomic E-state index is -0.899. The Bertz CT molecular complexity index is 507. The molecule has 0 aromatic carbocycles. The maximum Gasteiger partial charge on any atom is 0.248 e. The standard InChI is InChI=1S/C13H19N3O3/c1-8-7-14-11(19-8)9(2)16-6-5-10(17)15-13(3,4)12(16)18/h7,9H,5-6H2,1-4H3,(H,15,17). The molecule has 1 saturated heterocycles. The molecular formula is C13H19N3O3. The summed E-state index contributed by atoms with van der Waals surface area (Å²) in [6.45, 7) is 7.45. The van der Waals surface area contributed by atoms with Crippen molar-refractivity contribution in [1.82, 2.24) is 15.2 Å². The Morgan fingerprint density at radius 2 is 2.16 bits per heavy atom. The first-order valence-corrected chi connectivity index (χ1v) is 6.35. The van der Waals surface area contributed by atoms with Crippen molar-refractivity contribution < 1.29 is 14.0 Å². The Balaban J connectivity index is 2.27. The van der Waals surface area contributed by atoms with Gasteiger partial charge in [-0.3, -0.25) is 9.59 Å². The van der Waals surface area contributed by atoms with Gasteiger partial charge in [-0.05, 0) is 27.7 Å². The SMILES string of the molecule is Cc1cnc(C(C)N2CCC(=O)NC(C)(C)C2=O)o1. The molecule has 1 unspecified atom stereocenters. The van der Waals surface area contributed by atoms with Gasteiger partial charge in [-0.25, -0.2) is 4.98 Å². The van der Waals surface area contributed by atoms with Crippen LogP contribution < -0.4 is 5.32 Å². The normalized spacial score (nSPS) is 20.9. The first-order valence-electron chi connectivity index (χ1n) is 6.35. The highest BCUT2D eigenvalue weighted by Crippen LogP contribution is 2.25. The van der Waals surface area contributed by atoms with Crippen molar-refractivity contribution in [2.75, 3.05) is 6.54 Å². The number of carbonyl (C=O) groups excluding carboxylic acids is 2. The average molecular weight is 265 g/mol. The van der Waals surface area contributed by atoms with Gasteiger partial charge in [-0.15, -0.1) is 0 Å². The van der Waals surface area contributed by atoms with E-state index in [1.54, 1.807) is 24.9 Å². The van der Waals surface area contributed by atoms with Gasteiger partial charge in [0, 0.05) is 13.0 Å². The van der Waals surface area contributed by atoms with Crippen LogP contribution in [0.25, 0.3) is 0 Å². The molecule has 1 aromatic heterocycles. The van der Waals surface area contributed by atoms with Crippen molar-refractivity contribution in [2.45, 2.75) is 45.7 Å². The van der Waals surface area contributed by atoms with E-state index < -0.39 is 5.54 Å². The van der Waals surface area contributed by atoms with E-state index in [1.165, 1.54) is 0 Å². The predicted octanol–water partition coefficient (Wildman–Crippen LogP) is 1.17. The van der Waals surface area contributed by atoms with Crippen LogP contribution >= 0.6 is 0 Å². The van der Waals surface area contributed by atoms with E-state index in [0.29, 0.717) is 24.6 Å². The van der Waals surface area contributed by atoms with Crippen LogP contribution in [0.5, 0.6) is 0 Å². The summed E-state index contributed by atoms with van der Waals surface area (Å²) in [4.78, 5) is 29.9. The van der Waals surface area contributed by atoms with E-state index in [4.69, 9.17) is 4.42 Å². The fourth-order valence-electron chi connectivity index (χ4n) is 2.22. The van der Waals surface area contributed by atoms with Crippen LogP contribution in [0.3, 0.4) is 0 Å². The lowest BCUT2D eigenvalue weighted by Gasteiger charge is -2.31. The number of amides is 2. The summed E-state index contributed by atoms with van der Waals surface area (Å²) < 4.78 is 5.47. The molecular weight excluding hydrogens is 246 g/mol. The maximum atomic E-state index is 12.5. The molecule has 0 radical (unpaired) electrons. The Morgan fingerprint density at radius 3 is 2.74 bits per heavy atom. The molecule has 19 heavy (non-hydrogen) atoms. The second-order valence-corrected chi connectivity index (χ2v) is 5.41. The third kappa shape index (κ3) is 2.62. The lowest BCUT2D eigenvalue weighted by atomic mass is 10.0. The smallest absolute Gasteiger partial charge is 0.248 e. The van der Waals surface area contributed by atoms with Crippen molar-refractivity contribution in [3.8, 4) is 0 Å². The molecule has 2 heterocycles. The van der Waals surface area contributed by atoms with Crippen LogP contribution in [-0.2, 0) is 9.59 Å². The van der Waals surface area contributed by atoms with Gasteiger partial charge in [0.05, 0.1) is 6.20 Å². The van der Waals surface area contributed by atoms with E-state index in [0.717, 1.165) is 0 Å². The molecule has 1 fully saturated rings. The van der Waals surface area contributed by atoms with E-state index in [1.807, 2.05) is 13.8 Å². The number of nitrogens with zero attached hydrogens (tertiary/aromatic N) is 2. The van der Waals surface area contributed by atoms with Gasteiger partial charge in [0.25, 0.3) is 0 Å². The monoisotopic (exact) mass is 265 g/mol. The van der Waals surface area contributed by atoms with Crippen LogP contribution in [0, 0.1) is 6.92 Å². The van der Waals surface area contributed by atoms with Crippen molar-refractivity contribution >= 4 is 11.8 Å². The number of carbonyl (C=O) groups is 2. The Labute approximate surface area is 112 Å². The van der Waals surface area contributed by atoms with Crippen LogP contribution in [0.4, 0.5) is 0 Å². The summed E-state index contributed by atoms with van der Waals surface area (Å²) in [6.07, 6.45) is 1.92. The third-order valence-corrected chi connectivity index (χ3v) is 3.29. The molecule has 1 aromatic rings. The summed E-state index contributed by atoms with van der Waals surface area (Å²) in [5.74, 6) is 0.965. The van der Waals surface area contributed by atoms with E-state index in [2.05, 4.69) is 10.3 Å². The summed E-state index contributed by atoms with van der Waals surface area (Å²) in [7, 11) is 0. The zero-order valence-corrected chi connectivity index (χ0v) is 11.7. The second kappa shape index (κ2) is 4.68. The topological polar surface area (TPSA) is 75.4 Å². The molecule has 6 nitrogen and oxygen atoms in total. The van der Waals surface area contributed by atoms with E-state index >= 15 is 0 Å². The zero-order valence-electron chi connectivity index (χ0n) is 11.7. The largest absolute Gasteiger partial charge is 0.444 e. The summed E-state index contributed by atoms with van der Waals surface area (Å²) in [6, 6.07) is -0.284. The summed E-state index contributed by atoms with van der Waals surface area (Å²) in [5.41, 5.74) is -0.899. The van der Waals surface area contributed by atoms with Gasteiger partial charge >= 0.3 is 0 Å². The molecule has 1 N–H and O–H groups in total. The Morgan fingerprint density at radius 1 is 1.47 bits per heavy atom. The lowest BCUT2D eigenvalue weighted by Crippen LogP contribution is -2.53. The van der Waals surface area contributed by atoms with Crippen molar-refractivity contribution in [1.29, 1.82) is 0 Å². The number of nitrogens with one attached hydrogen (secondary N) is 1. The lowest BCUT2D eigenvalue weighted by molar-refractivity contribution is -0.139. The second-order valence-electron chi connectivity index (χ2n) is 5.41. The molecule has 0 aliphatic carbocycles. The molecule has 2 rings (SSSR count). The molecule has 0 spiro atoms. The number of hydrogen-bond acceptors (Lipinski definition) is 4. The first kappa shape index (κ1) is 13.6. The van der Waals surface area contributed by atoms with Gasteiger partial charge in [0.1, 0.15) is 17.3 Å². The number of aromatic nitrogens is 1. The van der Waals surface area contributed by atoms with Crippen LogP contribution in [-0.4, -0.2) is 33.8 Å². The fourth-order valence-corrected chi connectivity index (χ4v) is 2.22. The first-order chi connectivity index (χ1) is 8.81. The predicted molar refractivity (Wildman–Crippen MR) is 68.2 cm³/mol. The third-order valence-electron chi connectivity index (χ3n) is 3.29. The number of aryl methyl sites for hydroxylation is 1. The highest BCUT2D eigenvalue weighted by Gasteiger charge is 2.39. The van der Waals surface area contributed by atoms with Crippen LogP contribution in [0.2, 0.25) is 0 Å². The number of hydrogen-bond donors (Lipinski definition) is 1. The fraction of sp³-hybridized carbons (Fsp3) is 0.615. The number of oxazole rings is 1. The zero-order chi connectivity index (χ0) is 14.2. The Kier molecular flexibility index (Phi) is 3.34. The molecule has 2 amide bonds.